The zero-order chi connectivity index (χ0) is 14.4. The van der Waals surface area contributed by atoms with Crippen LogP contribution in [-0.2, 0) is 0 Å². The number of likely N-dealkylation sites (N-methyl/N-ethyl adjacent to an activating group) is 1. The van der Waals surface area contributed by atoms with Gasteiger partial charge in [0.15, 0.2) is 0 Å². The lowest BCUT2D eigenvalue weighted by Gasteiger charge is -2.28. The van der Waals surface area contributed by atoms with Crippen molar-refractivity contribution in [1.29, 1.82) is 0 Å². The van der Waals surface area contributed by atoms with Crippen molar-refractivity contribution in [1.82, 2.24) is 5.32 Å². The molecule has 0 heterocycles. The summed E-state index contributed by atoms with van der Waals surface area (Å²) in [5.74, 6) is 0. The van der Waals surface area contributed by atoms with Crippen molar-refractivity contribution in [2.24, 2.45) is 0 Å². The molecule has 3 heteroatoms. The summed E-state index contributed by atoms with van der Waals surface area (Å²) in [4.78, 5) is 2.37. The number of hydrogen-bond acceptors (Lipinski definition) is 2. The fourth-order valence-electron chi connectivity index (χ4n) is 2.27. The molecule has 1 atom stereocenters. The van der Waals surface area contributed by atoms with E-state index in [-0.39, 0.29) is 0 Å². The third-order valence-corrected chi connectivity index (χ3v) is 3.65. The average molecular weight is 325 g/mol. The van der Waals surface area contributed by atoms with E-state index >= 15 is 0 Å². The Morgan fingerprint density at radius 3 is 2.63 bits per heavy atom. The Morgan fingerprint density at radius 2 is 2.11 bits per heavy atom. The maximum Gasteiger partial charge on any atom is 0.0428 e. The van der Waals surface area contributed by atoms with Crippen LogP contribution in [0.4, 0.5) is 5.69 Å². The Labute approximate surface area is 126 Å². The molecule has 0 aromatic heterocycles. The molecule has 0 radical (unpaired) electrons. The topological polar surface area (TPSA) is 15.3 Å². The summed E-state index contributed by atoms with van der Waals surface area (Å²) >= 11 is 3.58. The van der Waals surface area contributed by atoms with Crippen LogP contribution >= 0.6 is 15.9 Å². The molecule has 0 aliphatic carbocycles. The highest BCUT2D eigenvalue weighted by Gasteiger charge is 2.14. The standard InChI is InChI=1S/C16H25BrN2/c1-6-18-13(5)15-9-8-14(17)10-16(15)19(7-2)11-12(3)4/h8-10,13,18H,3,6-7,11H2,1-2,4-5H3. The van der Waals surface area contributed by atoms with Gasteiger partial charge in [-0.2, -0.15) is 0 Å². The molecule has 0 saturated heterocycles. The van der Waals surface area contributed by atoms with Gasteiger partial charge in [-0.3, -0.25) is 0 Å². The largest absolute Gasteiger partial charge is 0.368 e. The summed E-state index contributed by atoms with van der Waals surface area (Å²) < 4.78 is 1.12. The average Bonchev–Trinajstić information content (AvgIpc) is 2.35. The Hall–Kier alpha value is -0.800. The van der Waals surface area contributed by atoms with Gasteiger partial charge in [0.2, 0.25) is 0 Å². The Balaban J connectivity index is 3.14. The number of rotatable bonds is 7. The third kappa shape index (κ3) is 4.66. The Morgan fingerprint density at radius 1 is 1.42 bits per heavy atom. The molecule has 1 aromatic rings. The predicted octanol–water partition coefficient (Wildman–Crippen LogP) is 4.52. The van der Waals surface area contributed by atoms with Gasteiger partial charge in [0, 0.05) is 29.3 Å². The van der Waals surface area contributed by atoms with E-state index in [1.54, 1.807) is 0 Å². The smallest absolute Gasteiger partial charge is 0.0428 e. The first-order chi connectivity index (χ1) is 8.99. The summed E-state index contributed by atoms with van der Waals surface area (Å²) in [6, 6.07) is 6.87. The second-order valence-electron chi connectivity index (χ2n) is 4.95. The monoisotopic (exact) mass is 324 g/mol. The number of hydrogen-bond donors (Lipinski definition) is 1. The third-order valence-electron chi connectivity index (χ3n) is 3.15. The summed E-state index contributed by atoms with van der Waals surface area (Å²) in [6.45, 7) is 15.5. The quantitative estimate of drug-likeness (QED) is 0.742. The van der Waals surface area contributed by atoms with Crippen LogP contribution in [0.3, 0.4) is 0 Å². The number of benzene rings is 1. The summed E-state index contributed by atoms with van der Waals surface area (Å²) in [5, 5.41) is 3.49. The van der Waals surface area contributed by atoms with Crippen LogP contribution in [0.1, 0.15) is 39.3 Å². The molecule has 2 nitrogen and oxygen atoms in total. The number of nitrogens with zero attached hydrogens (tertiary/aromatic N) is 1. The van der Waals surface area contributed by atoms with Gasteiger partial charge in [0.1, 0.15) is 0 Å². The first kappa shape index (κ1) is 16.3. The van der Waals surface area contributed by atoms with Crippen LogP contribution < -0.4 is 10.2 Å². The van der Waals surface area contributed by atoms with E-state index in [1.165, 1.54) is 16.8 Å². The minimum Gasteiger partial charge on any atom is -0.368 e. The molecule has 1 unspecified atom stereocenters. The lowest BCUT2D eigenvalue weighted by atomic mass is 10.0. The lowest BCUT2D eigenvalue weighted by molar-refractivity contribution is 0.596. The van der Waals surface area contributed by atoms with Crippen LogP contribution in [0, 0.1) is 0 Å². The van der Waals surface area contributed by atoms with Gasteiger partial charge >= 0.3 is 0 Å². The maximum atomic E-state index is 4.03. The van der Waals surface area contributed by atoms with Crippen molar-refractivity contribution in [2.75, 3.05) is 24.5 Å². The normalized spacial score (nSPS) is 12.3. The van der Waals surface area contributed by atoms with Crippen molar-refractivity contribution in [3.05, 3.63) is 40.4 Å². The van der Waals surface area contributed by atoms with Crippen molar-refractivity contribution >= 4 is 21.6 Å². The number of nitrogens with one attached hydrogen (secondary N) is 1. The van der Waals surface area contributed by atoms with Gasteiger partial charge in [-0.05, 0) is 45.0 Å². The van der Waals surface area contributed by atoms with Crippen LogP contribution in [0.2, 0.25) is 0 Å². The van der Waals surface area contributed by atoms with Crippen LogP contribution in [0.5, 0.6) is 0 Å². The van der Waals surface area contributed by atoms with Crippen molar-refractivity contribution < 1.29 is 0 Å². The van der Waals surface area contributed by atoms with Crippen LogP contribution in [0.15, 0.2) is 34.8 Å². The van der Waals surface area contributed by atoms with Gasteiger partial charge in [0.25, 0.3) is 0 Å². The second kappa shape index (κ2) is 7.71. The summed E-state index contributed by atoms with van der Waals surface area (Å²) in [6.07, 6.45) is 0. The van der Waals surface area contributed by atoms with Crippen molar-refractivity contribution in [3.63, 3.8) is 0 Å². The SMILES string of the molecule is C=C(C)CN(CC)c1cc(Br)ccc1C(C)NCC. The van der Waals surface area contributed by atoms with E-state index in [1.807, 2.05) is 0 Å². The van der Waals surface area contributed by atoms with Crippen molar-refractivity contribution in [2.45, 2.75) is 33.7 Å². The summed E-state index contributed by atoms with van der Waals surface area (Å²) in [7, 11) is 0. The lowest BCUT2D eigenvalue weighted by Crippen LogP contribution is -2.28. The van der Waals surface area contributed by atoms with E-state index < -0.39 is 0 Å². The zero-order valence-corrected chi connectivity index (χ0v) is 14.0. The molecule has 0 aliphatic rings. The maximum absolute atomic E-state index is 4.03. The molecule has 106 valence electrons. The van der Waals surface area contributed by atoms with E-state index in [0.717, 1.165) is 24.1 Å². The zero-order valence-electron chi connectivity index (χ0n) is 12.5. The Bertz CT molecular complexity index is 429. The molecule has 1 N–H and O–H groups in total. The Kier molecular flexibility index (Phi) is 6.59. The van der Waals surface area contributed by atoms with Crippen molar-refractivity contribution in [3.8, 4) is 0 Å². The molecular weight excluding hydrogens is 300 g/mol. The molecule has 1 rings (SSSR count). The molecular formula is C16H25BrN2. The number of anilines is 1. The predicted molar refractivity (Wildman–Crippen MR) is 88.9 cm³/mol. The fraction of sp³-hybridized carbons (Fsp3) is 0.500. The first-order valence-electron chi connectivity index (χ1n) is 6.91. The molecule has 1 aromatic carbocycles. The fourth-order valence-corrected chi connectivity index (χ4v) is 2.62. The van der Waals surface area contributed by atoms with E-state index in [4.69, 9.17) is 0 Å². The molecule has 0 saturated carbocycles. The van der Waals surface area contributed by atoms with Gasteiger partial charge in [0.05, 0.1) is 0 Å². The van der Waals surface area contributed by atoms with E-state index in [0.29, 0.717) is 6.04 Å². The molecule has 0 spiro atoms. The molecule has 0 fully saturated rings. The van der Waals surface area contributed by atoms with Gasteiger partial charge in [-0.15, -0.1) is 0 Å². The molecule has 0 aliphatic heterocycles. The first-order valence-corrected chi connectivity index (χ1v) is 7.71. The van der Waals surface area contributed by atoms with E-state index in [9.17, 15) is 0 Å². The second-order valence-corrected chi connectivity index (χ2v) is 5.87. The van der Waals surface area contributed by atoms with E-state index in [2.05, 4.69) is 78.6 Å². The minimum atomic E-state index is 0.354. The molecule has 0 amide bonds. The minimum absolute atomic E-state index is 0.354. The summed E-state index contributed by atoms with van der Waals surface area (Å²) in [5.41, 5.74) is 3.81. The van der Waals surface area contributed by atoms with Crippen LogP contribution in [0.25, 0.3) is 0 Å². The highest BCUT2D eigenvalue weighted by molar-refractivity contribution is 9.10. The van der Waals surface area contributed by atoms with Crippen LogP contribution in [-0.4, -0.2) is 19.6 Å². The highest BCUT2D eigenvalue weighted by atomic mass is 79.9. The van der Waals surface area contributed by atoms with Gasteiger partial charge in [-0.25, -0.2) is 0 Å². The van der Waals surface area contributed by atoms with Gasteiger partial charge < -0.3 is 10.2 Å². The highest BCUT2D eigenvalue weighted by Crippen LogP contribution is 2.30. The molecule has 0 bridgehead atoms. The van der Waals surface area contributed by atoms with Gasteiger partial charge in [-0.1, -0.05) is 41.1 Å². The molecule has 19 heavy (non-hydrogen) atoms. The number of halogens is 1.